The van der Waals surface area contributed by atoms with E-state index in [0.717, 1.165) is 43.2 Å². The molecule has 1 heterocycles. The molecule has 3 aliphatic rings. The van der Waals surface area contributed by atoms with Crippen molar-refractivity contribution < 1.29 is 19.3 Å². The number of fused-ring (bicyclic) bond motifs is 1. The summed E-state index contributed by atoms with van der Waals surface area (Å²) in [7, 11) is 0. The van der Waals surface area contributed by atoms with Crippen molar-refractivity contribution in [1.82, 2.24) is 0 Å². The molecule has 0 amide bonds. The zero-order chi connectivity index (χ0) is 18.3. The van der Waals surface area contributed by atoms with Crippen LogP contribution in [0.25, 0.3) is 5.57 Å². The molecule has 2 aliphatic carbocycles. The van der Waals surface area contributed by atoms with Crippen molar-refractivity contribution in [3.63, 3.8) is 0 Å². The molecule has 138 valence electrons. The Balaban J connectivity index is 1.60. The zero-order valence-electron chi connectivity index (χ0n) is 15.1. The highest BCUT2D eigenvalue weighted by atomic mass is 17.2. The van der Waals surface area contributed by atoms with E-state index in [2.05, 4.69) is 0 Å². The van der Waals surface area contributed by atoms with Crippen molar-refractivity contribution in [3.05, 3.63) is 77.9 Å². The van der Waals surface area contributed by atoms with Crippen molar-refractivity contribution in [3.8, 4) is 0 Å². The number of benzene rings is 2. The van der Waals surface area contributed by atoms with Gasteiger partial charge in [0.05, 0.1) is 0 Å². The Morgan fingerprint density at radius 2 is 1.48 bits per heavy atom. The van der Waals surface area contributed by atoms with Gasteiger partial charge in [-0.1, -0.05) is 67.1 Å². The van der Waals surface area contributed by atoms with Crippen LogP contribution in [0.1, 0.15) is 43.2 Å². The van der Waals surface area contributed by atoms with Gasteiger partial charge in [0.15, 0.2) is 17.5 Å². The Morgan fingerprint density at radius 1 is 0.815 bits per heavy atom. The highest BCUT2D eigenvalue weighted by molar-refractivity contribution is 6.26. The monoisotopic (exact) mass is 362 g/mol. The summed E-state index contributed by atoms with van der Waals surface area (Å²) >= 11 is 0. The first kappa shape index (κ1) is 16.9. The molecule has 4 nitrogen and oxygen atoms in total. The quantitative estimate of drug-likeness (QED) is 0.735. The first-order valence-corrected chi connectivity index (χ1v) is 9.65. The Bertz CT molecular complexity index is 868. The highest BCUT2D eigenvalue weighted by Crippen LogP contribution is 2.51. The first-order chi connectivity index (χ1) is 13.2. The molecule has 0 aromatic heterocycles. The molecular weight excluding hydrogens is 340 g/mol. The molecule has 5 rings (SSSR count). The van der Waals surface area contributed by atoms with Gasteiger partial charge < -0.3 is 4.74 Å². The van der Waals surface area contributed by atoms with Crippen molar-refractivity contribution in [2.24, 2.45) is 0 Å². The van der Waals surface area contributed by atoms with Crippen molar-refractivity contribution in [1.29, 1.82) is 0 Å². The Morgan fingerprint density at radius 3 is 2.19 bits per heavy atom. The fourth-order valence-electron chi connectivity index (χ4n) is 4.40. The number of carbonyl (C=O) groups is 1. The molecule has 0 N–H and O–H groups in total. The lowest BCUT2D eigenvalue weighted by Gasteiger charge is -2.47. The summed E-state index contributed by atoms with van der Waals surface area (Å²) in [5.41, 5.74) is 1.31. The third-order valence-electron chi connectivity index (χ3n) is 5.84. The van der Waals surface area contributed by atoms with E-state index in [9.17, 15) is 4.79 Å². The van der Waals surface area contributed by atoms with E-state index >= 15 is 0 Å². The van der Waals surface area contributed by atoms with Crippen molar-refractivity contribution >= 4 is 11.4 Å². The number of ketones is 1. The summed E-state index contributed by atoms with van der Waals surface area (Å²) in [6, 6.07) is 19.4. The summed E-state index contributed by atoms with van der Waals surface area (Å²) < 4.78 is 6.41. The largest absolute Gasteiger partial charge is 0.332 e. The number of Topliss-reactive ketones (excluding diaryl/α,β-unsaturated/α-hetero) is 1. The van der Waals surface area contributed by atoms with Gasteiger partial charge in [0.1, 0.15) is 0 Å². The third-order valence-corrected chi connectivity index (χ3v) is 5.84. The van der Waals surface area contributed by atoms with E-state index in [1.54, 1.807) is 0 Å². The minimum Gasteiger partial charge on any atom is -0.332 e. The van der Waals surface area contributed by atoms with Crippen LogP contribution >= 0.6 is 0 Å². The highest BCUT2D eigenvalue weighted by Gasteiger charge is 2.60. The molecule has 0 radical (unpaired) electrons. The smallest absolute Gasteiger partial charge is 0.202 e. The van der Waals surface area contributed by atoms with Gasteiger partial charge in [-0.15, -0.1) is 0 Å². The maximum atomic E-state index is 13.4. The average Bonchev–Trinajstić information content (AvgIpc) is 3.03. The van der Waals surface area contributed by atoms with E-state index in [1.807, 2.05) is 66.7 Å². The average molecular weight is 362 g/mol. The SMILES string of the molecule is O=C1C(c2ccccc2)=CC2(c3ccccc3)OOC3(CCCCC3)OC12. The summed E-state index contributed by atoms with van der Waals surface area (Å²) in [4.78, 5) is 25.4. The van der Waals surface area contributed by atoms with Gasteiger partial charge in [0.2, 0.25) is 5.79 Å². The van der Waals surface area contributed by atoms with Crippen LogP contribution in [0.15, 0.2) is 66.7 Å². The maximum absolute atomic E-state index is 13.4. The van der Waals surface area contributed by atoms with Crippen LogP contribution in [0.4, 0.5) is 0 Å². The van der Waals surface area contributed by atoms with Crippen molar-refractivity contribution in [2.45, 2.75) is 49.6 Å². The predicted molar refractivity (Wildman–Crippen MR) is 100 cm³/mol. The fraction of sp³-hybridized carbons (Fsp3) is 0.348. The summed E-state index contributed by atoms with van der Waals surface area (Å²) in [5.74, 6) is -0.852. The maximum Gasteiger partial charge on any atom is 0.202 e. The summed E-state index contributed by atoms with van der Waals surface area (Å²) in [5, 5.41) is 0. The number of carbonyl (C=O) groups excluding carboxylic acids is 1. The lowest BCUT2D eigenvalue weighted by molar-refractivity contribution is -0.521. The molecule has 1 saturated carbocycles. The lowest BCUT2D eigenvalue weighted by Crippen LogP contribution is -2.56. The molecule has 4 heteroatoms. The molecule has 0 bridgehead atoms. The number of rotatable bonds is 2. The molecule has 1 spiro atoms. The Labute approximate surface area is 158 Å². The van der Waals surface area contributed by atoms with Gasteiger partial charge in [-0.2, -0.15) is 4.89 Å². The second-order valence-corrected chi connectivity index (χ2v) is 7.58. The molecular formula is C23H22O4. The molecule has 1 aliphatic heterocycles. The molecule has 2 atom stereocenters. The minimum absolute atomic E-state index is 0.0432. The number of ether oxygens (including phenoxy) is 1. The van der Waals surface area contributed by atoms with Crippen LogP contribution in [0, 0.1) is 0 Å². The molecule has 2 aromatic carbocycles. The van der Waals surface area contributed by atoms with Crippen LogP contribution in [-0.4, -0.2) is 17.7 Å². The summed E-state index contributed by atoms with van der Waals surface area (Å²) in [6.45, 7) is 0. The summed E-state index contributed by atoms with van der Waals surface area (Å²) in [6.07, 6.45) is 5.83. The molecule has 2 aromatic rings. The normalized spacial score (nSPS) is 29.4. The van der Waals surface area contributed by atoms with E-state index in [4.69, 9.17) is 14.5 Å². The Kier molecular flexibility index (Phi) is 4.01. The second kappa shape index (κ2) is 6.41. The Hall–Kier alpha value is -2.27. The topological polar surface area (TPSA) is 44.8 Å². The molecule has 2 fully saturated rings. The lowest BCUT2D eigenvalue weighted by atomic mass is 9.88. The van der Waals surface area contributed by atoms with Gasteiger partial charge in [-0.05, 0) is 30.0 Å². The predicted octanol–water partition coefficient (Wildman–Crippen LogP) is 4.56. The minimum atomic E-state index is -1.05. The van der Waals surface area contributed by atoms with E-state index in [1.165, 1.54) is 0 Å². The standard InChI is InChI=1S/C23H22O4/c24-20-19(17-10-4-1-5-11-17)16-23(18-12-6-2-7-13-18)21(20)25-22(26-27-23)14-8-3-9-15-22/h1-2,4-7,10-13,16,21H,3,8-9,14-15H2. The zero-order valence-corrected chi connectivity index (χ0v) is 15.1. The fourth-order valence-corrected chi connectivity index (χ4v) is 4.40. The van der Waals surface area contributed by atoms with Gasteiger partial charge in [-0.3, -0.25) is 4.79 Å². The van der Waals surface area contributed by atoms with Crippen LogP contribution in [-0.2, 0) is 24.9 Å². The molecule has 2 unspecified atom stereocenters. The van der Waals surface area contributed by atoms with Crippen LogP contribution < -0.4 is 0 Å². The van der Waals surface area contributed by atoms with Crippen LogP contribution in [0.3, 0.4) is 0 Å². The molecule has 27 heavy (non-hydrogen) atoms. The van der Waals surface area contributed by atoms with Gasteiger partial charge in [0, 0.05) is 18.4 Å². The van der Waals surface area contributed by atoms with Crippen LogP contribution in [0.5, 0.6) is 0 Å². The second-order valence-electron chi connectivity index (χ2n) is 7.58. The van der Waals surface area contributed by atoms with Crippen LogP contribution in [0.2, 0.25) is 0 Å². The van der Waals surface area contributed by atoms with E-state index in [-0.39, 0.29) is 5.78 Å². The third kappa shape index (κ3) is 2.67. The number of hydrogen-bond acceptors (Lipinski definition) is 4. The van der Waals surface area contributed by atoms with Gasteiger partial charge in [0.25, 0.3) is 0 Å². The van der Waals surface area contributed by atoms with Crippen molar-refractivity contribution in [2.75, 3.05) is 0 Å². The van der Waals surface area contributed by atoms with E-state index in [0.29, 0.717) is 5.57 Å². The number of hydrogen-bond donors (Lipinski definition) is 0. The molecule has 1 saturated heterocycles. The van der Waals surface area contributed by atoms with E-state index < -0.39 is 17.5 Å². The van der Waals surface area contributed by atoms with Gasteiger partial charge in [-0.25, -0.2) is 4.89 Å². The van der Waals surface area contributed by atoms with Gasteiger partial charge >= 0.3 is 0 Å². The first-order valence-electron chi connectivity index (χ1n) is 9.65.